The zero-order chi connectivity index (χ0) is 13.1. The Morgan fingerprint density at radius 1 is 1.21 bits per heavy atom. The Labute approximate surface area is 115 Å². The van der Waals surface area contributed by atoms with Crippen molar-refractivity contribution in [2.24, 2.45) is 0 Å². The van der Waals surface area contributed by atoms with Crippen LogP contribution in [0.3, 0.4) is 0 Å². The maximum Gasteiger partial charge on any atom is 0.229 e. The molecule has 0 saturated carbocycles. The molecule has 2 aromatic rings. The van der Waals surface area contributed by atoms with Gasteiger partial charge in [0.1, 0.15) is 13.2 Å². The van der Waals surface area contributed by atoms with Crippen molar-refractivity contribution in [2.75, 3.05) is 18.5 Å². The van der Waals surface area contributed by atoms with Crippen LogP contribution in [-0.4, -0.2) is 19.1 Å². The number of anilines is 1. The third kappa shape index (κ3) is 2.88. The van der Waals surface area contributed by atoms with Crippen molar-refractivity contribution < 1.29 is 14.3 Å². The number of thiophene rings is 1. The fraction of sp³-hybridized carbons (Fsp3) is 0.214. The van der Waals surface area contributed by atoms with Crippen LogP contribution in [0.1, 0.15) is 4.88 Å². The monoisotopic (exact) mass is 275 g/mol. The van der Waals surface area contributed by atoms with Crippen LogP contribution >= 0.6 is 11.3 Å². The van der Waals surface area contributed by atoms with E-state index < -0.39 is 0 Å². The van der Waals surface area contributed by atoms with Gasteiger partial charge in [-0.1, -0.05) is 6.07 Å². The van der Waals surface area contributed by atoms with Gasteiger partial charge in [-0.05, 0) is 23.6 Å². The molecule has 0 atom stereocenters. The van der Waals surface area contributed by atoms with E-state index in [1.165, 1.54) is 0 Å². The summed E-state index contributed by atoms with van der Waals surface area (Å²) in [5, 5.41) is 4.83. The highest BCUT2D eigenvalue weighted by atomic mass is 32.1. The first-order valence-corrected chi connectivity index (χ1v) is 6.91. The Balaban J connectivity index is 1.67. The lowest BCUT2D eigenvalue weighted by Gasteiger charge is -2.18. The molecule has 98 valence electrons. The molecule has 0 aliphatic carbocycles. The standard InChI is InChI=1S/C14H13NO3S/c16-14(9-11-2-1-7-19-11)15-10-3-4-12-13(8-10)18-6-5-17-12/h1-4,7-8H,5-6,9H2,(H,15,16). The Hall–Kier alpha value is -2.01. The van der Waals surface area contributed by atoms with E-state index >= 15 is 0 Å². The molecule has 1 aliphatic heterocycles. The number of ether oxygens (including phenoxy) is 2. The summed E-state index contributed by atoms with van der Waals surface area (Å²) < 4.78 is 10.9. The van der Waals surface area contributed by atoms with Crippen molar-refractivity contribution in [2.45, 2.75) is 6.42 Å². The Bertz CT molecular complexity index is 580. The number of rotatable bonds is 3. The van der Waals surface area contributed by atoms with E-state index in [9.17, 15) is 4.79 Å². The van der Waals surface area contributed by atoms with E-state index in [4.69, 9.17) is 9.47 Å². The average Bonchev–Trinajstić information content (AvgIpc) is 2.91. The van der Waals surface area contributed by atoms with Crippen molar-refractivity contribution in [3.05, 3.63) is 40.6 Å². The average molecular weight is 275 g/mol. The molecule has 3 rings (SSSR count). The number of nitrogens with one attached hydrogen (secondary N) is 1. The SMILES string of the molecule is O=C(Cc1cccs1)Nc1ccc2c(c1)OCCO2. The van der Waals surface area contributed by atoms with Crippen molar-refractivity contribution in [1.29, 1.82) is 0 Å². The summed E-state index contributed by atoms with van der Waals surface area (Å²) in [5.74, 6) is 1.38. The third-order valence-corrected chi connectivity index (χ3v) is 3.62. The minimum absolute atomic E-state index is 0.0286. The minimum atomic E-state index is -0.0286. The van der Waals surface area contributed by atoms with Gasteiger partial charge in [0.15, 0.2) is 11.5 Å². The molecule has 1 amide bonds. The van der Waals surface area contributed by atoms with Gasteiger partial charge in [-0.3, -0.25) is 4.79 Å². The molecule has 1 aliphatic rings. The molecule has 0 spiro atoms. The normalized spacial score (nSPS) is 13.1. The summed E-state index contributed by atoms with van der Waals surface area (Å²) in [6, 6.07) is 9.32. The van der Waals surface area contributed by atoms with Gasteiger partial charge in [0.05, 0.1) is 6.42 Å². The van der Waals surface area contributed by atoms with Crippen molar-refractivity contribution in [3.8, 4) is 11.5 Å². The van der Waals surface area contributed by atoms with E-state index in [0.29, 0.717) is 25.4 Å². The van der Waals surface area contributed by atoms with Gasteiger partial charge in [0, 0.05) is 16.6 Å². The van der Waals surface area contributed by atoms with Gasteiger partial charge >= 0.3 is 0 Å². The molecule has 5 heteroatoms. The smallest absolute Gasteiger partial charge is 0.229 e. The lowest BCUT2D eigenvalue weighted by atomic mass is 10.2. The molecule has 0 fully saturated rings. The molecule has 4 nitrogen and oxygen atoms in total. The van der Waals surface area contributed by atoms with Gasteiger partial charge in [0.25, 0.3) is 0 Å². The molecular formula is C14H13NO3S. The van der Waals surface area contributed by atoms with E-state index in [2.05, 4.69) is 5.32 Å². The first-order valence-electron chi connectivity index (χ1n) is 6.03. The third-order valence-electron chi connectivity index (χ3n) is 2.74. The highest BCUT2D eigenvalue weighted by molar-refractivity contribution is 7.10. The van der Waals surface area contributed by atoms with Gasteiger partial charge in [-0.2, -0.15) is 0 Å². The number of hydrogen-bond donors (Lipinski definition) is 1. The van der Waals surface area contributed by atoms with Crippen LogP contribution in [-0.2, 0) is 11.2 Å². The Morgan fingerprint density at radius 3 is 2.84 bits per heavy atom. The summed E-state index contributed by atoms with van der Waals surface area (Å²) in [6.45, 7) is 1.11. The van der Waals surface area contributed by atoms with Gasteiger partial charge < -0.3 is 14.8 Å². The first kappa shape index (κ1) is 12.0. The molecule has 1 aromatic carbocycles. The Kier molecular flexibility index (Phi) is 3.37. The van der Waals surface area contributed by atoms with E-state index in [0.717, 1.165) is 16.3 Å². The zero-order valence-corrected chi connectivity index (χ0v) is 11.0. The predicted octanol–water partition coefficient (Wildman–Crippen LogP) is 2.70. The maximum absolute atomic E-state index is 11.9. The van der Waals surface area contributed by atoms with Gasteiger partial charge in [-0.15, -0.1) is 11.3 Å². The Morgan fingerprint density at radius 2 is 2.05 bits per heavy atom. The molecule has 2 heterocycles. The van der Waals surface area contributed by atoms with E-state index in [-0.39, 0.29) is 5.91 Å². The number of hydrogen-bond acceptors (Lipinski definition) is 4. The fourth-order valence-corrected chi connectivity index (χ4v) is 2.60. The molecule has 0 unspecified atom stereocenters. The number of amides is 1. The lowest BCUT2D eigenvalue weighted by molar-refractivity contribution is -0.115. The summed E-state index contributed by atoms with van der Waals surface area (Å²) >= 11 is 1.58. The summed E-state index contributed by atoms with van der Waals surface area (Å²) in [5.41, 5.74) is 0.728. The molecule has 0 bridgehead atoms. The van der Waals surface area contributed by atoms with Gasteiger partial charge in [0.2, 0.25) is 5.91 Å². The summed E-state index contributed by atoms with van der Waals surface area (Å²) in [4.78, 5) is 12.9. The highest BCUT2D eigenvalue weighted by Crippen LogP contribution is 2.32. The second-order valence-electron chi connectivity index (χ2n) is 4.16. The molecule has 0 radical (unpaired) electrons. The first-order chi connectivity index (χ1) is 9.31. The van der Waals surface area contributed by atoms with Crippen LogP contribution < -0.4 is 14.8 Å². The number of carbonyl (C=O) groups excluding carboxylic acids is 1. The number of fused-ring (bicyclic) bond motifs is 1. The van der Waals surface area contributed by atoms with Crippen LogP contribution in [0.4, 0.5) is 5.69 Å². The molecule has 19 heavy (non-hydrogen) atoms. The largest absolute Gasteiger partial charge is 0.486 e. The van der Waals surface area contributed by atoms with Crippen molar-refractivity contribution in [3.63, 3.8) is 0 Å². The van der Waals surface area contributed by atoms with Crippen molar-refractivity contribution >= 4 is 22.9 Å². The quantitative estimate of drug-likeness (QED) is 0.937. The second-order valence-corrected chi connectivity index (χ2v) is 5.19. The van der Waals surface area contributed by atoms with Gasteiger partial charge in [-0.25, -0.2) is 0 Å². The zero-order valence-electron chi connectivity index (χ0n) is 10.2. The van der Waals surface area contributed by atoms with Crippen LogP contribution in [0.15, 0.2) is 35.7 Å². The number of benzene rings is 1. The predicted molar refractivity (Wildman–Crippen MR) is 74.1 cm³/mol. The van der Waals surface area contributed by atoms with Crippen LogP contribution in [0, 0.1) is 0 Å². The number of carbonyl (C=O) groups is 1. The molecule has 1 N–H and O–H groups in total. The molecule has 1 aromatic heterocycles. The van der Waals surface area contributed by atoms with Crippen LogP contribution in [0.25, 0.3) is 0 Å². The van der Waals surface area contributed by atoms with Crippen molar-refractivity contribution in [1.82, 2.24) is 0 Å². The minimum Gasteiger partial charge on any atom is -0.486 e. The topological polar surface area (TPSA) is 47.6 Å². The second kappa shape index (κ2) is 5.32. The summed E-state index contributed by atoms with van der Waals surface area (Å²) in [7, 11) is 0. The maximum atomic E-state index is 11.9. The van der Waals surface area contributed by atoms with E-state index in [1.807, 2.05) is 29.6 Å². The molecule has 0 saturated heterocycles. The summed E-state index contributed by atoms with van der Waals surface area (Å²) in [6.07, 6.45) is 0.395. The van der Waals surface area contributed by atoms with E-state index in [1.54, 1.807) is 17.4 Å². The van der Waals surface area contributed by atoms with Crippen LogP contribution in [0.2, 0.25) is 0 Å². The highest BCUT2D eigenvalue weighted by Gasteiger charge is 2.13. The lowest BCUT2D eigenvalue weighted by Crippen LogP contribution is -2.17. The van der Waals surface area contributed by atoms with Crippen LogP contribution in [0.5, 0.6) is 11.5 Å². The molecular weight excluding hydrogens is 262 g/mol. The fourth-order valence-electron chi connectivity index (χ4n) is 1.90.